The molecule has 2 saturated heterocycles. The van der Waals surface area contributed by atoms with Gasteiger partial charge in [-0.15, -0.1) is 0 Å². The van der Waals surface area contributed by atoms with Crippen molar-refractivity contribution in [1.29, 1.82) is 0 Å². The zero-order valence-electron chi connectivity index (χ0n) is 15.3. The maximum atomic E-state index is 11.8. The van der Waals surface area contributed by atoms with E-state index >= 15 is 0 Å². The largest absolute Gasteiger partial charge is 0.481 e. The SMILES string of the molecule is CC/C=C\C[C@H](C(=O)O)C1[C@H]2CC[C@H](O2)[C@H]1/C=C/CCCCCC. The first kappa shape index (κ1) is 19.2. The summed E-state index contributed by atoms with van der Waals surface area (Å²) in [5, 5.41) is 9.73. The fourth-order valence-corrected chi connectivity index (χ4v) is 4.31. The van der Waals surface area contributed by atoms with E-state index < -0.39 is 5.97 Å². The lowest BCUT2D eigenvalue weighted by Gasteiger charge is -2.30. The van der Waals surface area contributed by atoms with E-state index in [0.29, 0.717) is 6.42 Å². The van der Waals surface area contributed by atoms with Crippen LogP contribution in [0, 0.1) is 17.8 Å². The van der Waals surface area contributed by atoms with Crippen molar-refractivity contribution in [3.05, 3.63) is 24.3 Å². The first-order chi connectivity index (χ1) is 11.7. The number of allylic oxidation sites excluding steroid dienone is 3. The third-order valence-corrected chi connectivity index (χ3v) is 5.55. The molecule has 3 nitrogen and oxygen atoms in total. The fraction of sp³-hybridized carbons (Fsp3) is 0.762. The van der Waals surface area contributed by atoms with Crippen LogP contribution in [0.5, 0.6) is 0 Å². The summed E-state index contributed by atoms with van der Waals surface area (Å²) in [5.41, 5.74) is 0. The van der Waals surface area contributed by atoms with Crippen molar-refractivity contribution in [1.82, 2.24) is 0 Å². The van der Waals surface area contributed by atoms with Crippen LogP contribution in [-0.2, 0) is 9.53 Å². The van der Waals surface area contributed by atoms with Crippen LogP contribution in [0.1, 0.15) is 71.6 Å². The molecule has 0 aromatic heterocycles. The van der Waals surface area contributed by atoms with Crippen LogP contribution in [0.2, 0.25) is 0 Å². The fourth-order valence-electron chi connectivity index (χ4n) is 4.31. The summed E-state index contributed by atoms with van der Waals surface area (Å²) in [6.45, 7) is 4.31. The number of carboxylic acid groups (broad SMARTS) is 1. The Bertz CT molecular complexity index is 440. The van der Waals surface area contributed by atoms with E-state index in [-0.39, 0.29) is 30.0 Å². The minimum absolute atomic E-state index is 0.134. The van der Waals surface area contributed by atoms with Gasteiger partial charge in [-0.05, 0) is 38.5 Å². The van der Waals surface area contributed by atoms with Crippen LogP contribution in [0.15, 0.2) is 24.3 Å². The summed E-state index contributed by atoms with van der Waals surface area (Å²) in [7, 11) is 0. The van der Waals surface area contributed by atoms with Gasteiger partial charge < -0.3 is 9.84 Å². The van der Waals surface area contributed by atoms with Crippen LogP contribution in [0.4, 0.5) is 0 Å². The highest BCUT2D eigenvalue weighted by Gasteiger charge is 2.52. The monoisotopic (exact) mass is 334 g/mol. The molecule has 2 fully saturated rings. The Morgan fingerprint density at radius 3 is 2.62 bits per heavy atom. The number of fused-ring (bicyclic) bond motifs is 2. The van der Waals surface area contributed by atoms with Crippen LogP contribution >= 0.6 is 0 Å². The molecule has 2 bridgehead atoms. The average Bonchev–Trinajstić information content (AvgIpc) is 3.16. The lowest BCUT2D eigenvalue weighted by molar-refractivity contribution is -0.144. The molecule has 0 radical (unpaired) electrons. The number of rotatable bonds is 11. The van der Waals surface area contributed by atoms with Crippen LogP contribution in [0.3, 0.4) is 0 Å². The predicted molar refractivity (Wildman–Crippen MR) is 97.9 cm³/mol. The Kier molecular flexibility index (Phi) is 8.04. The molecule has 2 heterocycles. The highest BCUT2D eigenvalue weighted by Crippen LogP contribution is 2.48. The molecule has 2 aliphatic rings. The molecule has 0 saturated carbocycles. The maximum Gasteiger partial charge on any atom is 0.307 e. The van der Waals surface area contributed by atoms with E-state index in [1.807, 2.05) is 6.08 Å². The minimum Gasteiger partial charge on any atom is -0.481 e. The van der Waals surface area contributed by atoms with E-state index in [4.69, 9.17) is 4.74 Å². The van der Waals surface area contributed by atoms with Crippen LogP contribution < -0.4 is 0 Å². The molecule has 3 heteroatoms. The molecule has 0 spiro atoms. The van der Waals surface area contributed by atoms with Gasteiger partial charge in [-0.3, -0.25) is 4.79 Å². The molecule has 2 rings (SSSR count). The van der Waals surface area contributed by atoms with Gasteiger partial charge >= 0.3 is 5.97 Å². The van der Waals surface area contributed by atoms with Crippen LogP contribution in [-0.4, -0.2) is 23.3 Å². The number of aliphatic carboxylic acids is 1. The van der Waals surface area contributed by atoms with Crippen molar-refractivity contribution in [2.24, 2.45) is 17.8 Å². The number of carbonyl (C=O) groups is 1. The lowest BCUT2D eigenvalue weighted by Crippen LogP contribution is -2.36. The lowest BCUT2D eigenvalue weighted by atomic mass is 9.71. The van der Waals surface area contributed by atoms with Gasteiger partial charge in [0.2, 0.25) is 0 Å². The van der Waals surface area contributed by atoms with Gasteiger partial charge in [0, 0.05) is 11.8 Å². The first-order valence-electron chi connectivity index (χ1n) is 9.88. The Labute approximate surface area is 147 Å². The Morgan fingerprint density at radius 2 is 1.92 bits per heavy atom. The molecular weight excluding hydrogens is 300 g/mol. The van der Waals surface area contributed by atoms with Gasteiger partial charge in [0.25, 0.3) is 0 Å². The quantitative estimate of drug-likeness (QED) is 0.408. The summed E-state index contributed by atoms with van der Waals surface area (Å²) >= 11 is 0. The van der Waals surface area contributed by atoms with Crippen molar-refractivity contribution in [3.63, 3.8) is 0 Å². The van der Waals surface area contributed by atoms with E-state index in [1.165, 1.54) is 25.7 Å². The molecule has 136 valence electrons. The molecule has 24 heavy (non-hydrogen) atoms. The number of ether oxygens (including phenoxy) is 1. The maximum absolute atomic E-state index is 11.8. The summed E-state index contributed by atoms with van der Waals surface area (Å²) in [4.78, 5) is 11.8. The Morgan fingerprint density at radius 1 is 1.12 bits per heavy atom. The van der Waals surface area contributed by atoms with Crippen molar-refractivity contribution >= 4 is 5.97 Å². The molecular formula is C21H34O3. The third-order valence-electron chi connectivity index (χ3n) is 5.55. The second-order valence-corrected chi connectivity index (χ2v) is 7.28. The van der Waals surface area contributed by atoms with Gasteiger partial charge in [-0.2, -0.15) is 0 Å². The number of carboxylic acids is 1. The molecule has 1 unspecified atom stereocenters. The van der Waals surface area contributed by atoms with Gasteiger partial charge in [0.1, 0.15) is 0 Å². The molecule has 0 aliphatic carbocycles. The van der Waals surface area contributed by atoms with Crippen molar-refractivity contribution in [3.8, 4) is 0 Å². The zero-order chi connectivity index (χ0) is 17.4. The first-order valence-corrected chi connectivity index (χ1v) is 9.88. The number of hydrogen-bond donors (Lipinski definition) is 1. The Hall–Kier alpha value is -1.09. The number of unbranched alkanes of at least 4 members (excludes halogenated alkanes) is 4. The highest BCUT2D eigenvalue weighted by molar-refractivity contribution is 5.71. The normalized spacial score (nSPS) is 30.6. The second-order valence-electron chi connectivity index (χ2n) is 7.28. The second kappa shape index (κ2) is 10.0. The minimum atomic E-state index is -0.668. The molecule has 5 atom stereocenters. The molecule has 1 N–H and O–H groups in total. The third kappa shape index (κ3) is 4.95. The standard InChI is InChI=1S/C21H34O3/c1-3-5-7-8-9-11-12-16-18-14-15-19(24-18)20(16)17(21(22)23)13-10-6-4-2/h6,10-12,16-20H,3-5,7-9,13-15H2,1-2H3,(H,22,23)/b10-6-,12-11+/t16-,17+,18+,19-,20?/m1/s1. The predicted octanol–water partition coefficient (Wildman–Crippen LogP) is 5.36. The number of hydrogen-bond acceptors (Lipinski definition) is 2. The van der Waals surface area contributed by atoms with Gasteiger partial charge in [0.15, 0.2) is 0 Å². The van der Waals surface area contributed by atoms with Gasteiger partial charge in [-0.1, -0.05) is 57.4 Å². The van der Waals surface area contributed by atoms with Gasteiger partial charge in [-0.25, -0.2) is 0 Å². The molecule has 0 amide bonds. The summed E-state index contributed by atoms with van der Waals surface area (Å²) in [5.74, 6) is -0.572. The van der Waals surface area contributed by atoms with E-state index in [9.17, 15) is 9.90 Å². The summed E-state index contributed by atoms with van der Waals surface area (Å²) in [6.07, 6.45) is 18.9. The van der Waals surface area contributed by atoms with E-state index in [0.717, 1.165) is 25.7 Å². The van der Waals surface area contributed by atoms with Crippen LogP contribution in [0.25, 0.3) is 0 Å². The topological polar surface area (TPSA) is 46.5 Å². The average molecular weight is 335 g/mol. The molecule has 2 aliphatic heterocycles. The zero-order valence-corrected chi connectivity index (χ0v) is 15.3. The van der Waals surface area contributed by atoms with E-state index in [2.05, 4.69) is 32.1 Å². The Balaban J connectivity index is 1.98. The van der Waals surface area contributed by atoms with Crippen molar-refractivity contribution in [2.45, 2.75) is 83.8 Å². The van der Waals surface area contributed by atoms with E-state index in [1.54, 1.807) is 0 Å². The highest BCUT2D eigenvalue weighted by atomic mass is 16.5. The van der Waals surface area contributed by atoms with Crippen molar-refractivity contribution < 1.29 is 14.6 Å². The summed E-state index contributed by atoms with van der Waals surface area (Å²) in [6, 6.07) is 0. The smallest absolute Gasteiger partial charge is 0.307 e. The van der Waals surface area contributed by atoms with Crippen molar-refractivity contribution in [2.75, 3.05) is 0 Å². The summed E-state index contributed by atoms with van der Waals surface area (Å²) < 4.78 is 6.09. The molecule has 0 aromatic carbocycles. The molecule has 0 aromatic rings. The van der Waals surface area contributed by atoms with Gasteiger partial charge in [0.05, 0.1) is 18.1 Å².